The quantitative estimate of drug-likeness (QED) is 0.819. The highest BCUT2D eigenvalue weighted by Gasteiger charge is 2.04. The van der Waals surface area contributed by atoms with E-state index < -0.39 is 0 Å². The Morgan fingerprint density at radius 1 is 1.19 bits per heavy atom. The largest absolute Gasteiger partial charge is 0.377 e. The zero-order chi connectivity index (χ0) is 15.2. The lowest BCUT2D eigenvalue weighted by Gasteiger charge is -2.09. The minimum Gasteiger partial charge on any atom is -0.377 e. The fraction of sp³-hybridized carbons (Fsp3) is 0.375. The summed E-state index contributed by atoms with van der Waals surface area (Å²) in [6, 6.07) is 10.3. The van der Waals surface area contributed by atoms with Gasteiger partial charge in [0.1, 0.15) is 17.6 Å². The van der Waals surface area contributed by atoms with Gasteiger partial charge in [0.2, 0.25) is 0 Å². The van der Waals surface area contributed by atoms with E-state index in [0.717, 1.165) is 0 Å². The van der Waals surface area contributed by atoms with Gasteiger partial charge in [-0.05, 0) is 17.0 Å². The van der Waals surface area contributed by atoms with E-state index >= 15 is 0 Å². The lowest BCUT2D eigenvalue weighted by atomic mass is 10.0. The second-order valence-corrected chi connectivity index (χ2v) is 5.56. The Morgan fingerprint density at radius 3 is 2.52 bits per heavy atom. The minimum absolute atomic E-state index is 0.346. The molecule has 1 N–H and O–H groups in total. The molecule has 0 unspecified atom stereocenters. The number of aromatic nitrogens is 2. The van der Waals surface area contributed by atoms with Crippen LogP contribution in [-0.4, -0.2) is 17.1 Å². The van der Waals surface area contributed by atoms with Gasteiger partial charge < -0.3 is 10.1 Å². The van der Waals surface area contributed by atoms with Crippen molar-refractivity contribution in [2.24, 2.45) is 0 Å². The summed E-state index contributed by atoms with van der Waals surface area (Å²) in [7, 11) is 1.60. The second kappa shape index (κ2) is 7.38. The number of nitrogens with one attached hydrogen (secondary N) is 1. The molecule has 0 radical (unpaired) electrons. The number of ether oxygens (including phenoxy) is 1. The van der Waals surface area contributed by atoms with Crippen molar-refractivity contribution in [3.63, 3.8) is 0 Å². The van der Waals surface area contributed by atoms with Crippen LogP contribution >= 0.6 is 11.6 Å². The normalized spacial score (nSPS) is 10.9. The summed E-state index contributed by atoms with van der Waals surface area (Å²) in [5.74, 6) is 1.82. The van der Waals surface area contributed by atoms with Gasteiger partial charge in [0, 0.05) is 19.7 Å². The Balaban J connectivity index is 2.02. The van der Waals surface area contributed by atoms with Crippen molar-refractivity contribution < 1.29 is 4.74 Å². The van der Waals surface area contributed by atoms with Crippen LogP contribution in [0, 0.1) is 0 Å². The molecule has 0 saturated heterocycles. The first-order valence-corrected chi connectivity index (χ1v) is 7.31. The molecule has 0 amide bonds. The first-order chi connectivity index (χ1) is 10.1. The standard InChI is InChI=1S/C16H20ClN3O/c1-11(2)13-6-4-12(5-7-13)9-18-15-8-14(17)19-16(20-15)10-21-3/h4-8,11H,9-10H2,1-3H3,(H,18,19,20). The van der Waals surface area contributed by atoms with Crippen LogP contribution < -0.4 is 5.32 Å². The molecule has 112 valence electrons. The third-order valence-electron chi connectivity index (χ3n) is 3.13. The molecule has 0 aliphatic rings. The number of benzene rings is 1. The fourth-order valence-corrected chi connectivity index (χ4v) is 2.16. The van der Waals surface area contributed by atoms with Crippen LogP contribution in [-0.2, 0) is 17.9 Å². The average Bonchev–Trinajstić information content (AvgIpc) is 2.45. The highest BCUT2D eigenvalue weighted by atomic mass is 35.5. The molecule has 0 atom stereocenters. The lowest BCUT2D eigenvalue weighted by Crippen LogP contribution is -2.05. The van der Waals surface area contributed by atoms with Crippen molar-refractivity contribution in [2.75, 3.05) is 12.4 Å². The first-order valence-electron chi connectivity index (χ1n) is 6.93. The highest BCUT2D eigenvalue weighted by molar-refractivity contribution is 6.29. The van der Waals surface area contributed by atoms with Crippen LogP contribution in [0.4, 0.5) is 5.82 Å². The molecule has 0 saturated carbocycles. The molecular weight excluding hydrogens is 286 g/mol. The van der Waals surface area contributed by atoms with E-state index in [4.69, 9.17) is 16.3 Å². The molecule has 0 aliphatic carbocycles. The van der Waals surface area contributed by atoms with Gasteiger partial charge in [0.15, 0.2) is 5.82 Å². The molecular formula is C16H20ClN3O. The zero-order valence-corrected chi connectivity index (χ0v) is 13.3. The fourth-order valence-electron chi connectivity index (χ4n) is 1.96. The molecule has 5 heteroatoms. The van der Waals surface area contributed by atoms with Crippen LogP contribution in [0.3, 0.4) is 0 Å². The van der Waals surface area contributed by atoms with Crippen LogP contribution in [0.1, 0.15) is 36.7 Å². The topological polar surface area (TPSA) is 47.0 Å². The number of halogens is 1. The molecule has 2 rings (SSSR count). The summed E-state index contributed by atoms with van der Waals surface area (Å²) in [4.78, 5) is 8.45. The van der Waals surface area contributed by atoms with Crippen molar-refractivity contribution in [1.29, 1.82) is 0 Å². The van der Waals surface area contributed by atoms with E-state index in [2.05, 4.69) is 53.4 Å². The number of anilines is 1. The maximum atomic E-state index is 5.98. The Hall–Kier alpha value is -1.65. The first kappa shape index (κ1) is 15.7. The second-order valence-electron chi connectivity index (χ2n) is 5.17. The highest BCUT2D eigenvalue weighted by Crippen LogP contribution is 2.16. The van der Waals surface area contributed by atoms with Crippen LogP contribution in [0.2, 0.25) is 5.15 Å². The smallest absolute Gasteiger partial charge is 0.158 e. The Kier molecular flexibility index (Phi) is 5.53. The van der Waals surface area contributed by atoms with Crippen molar-refractivity contribution in [3.05, 3.63) is 52.4 Å². The maximum absolute atomic E-state index is 5.98. The molecule has 0 bridgehead atoms. The lowest BCUT2D eigenvalue weighted by molar-refractivity contribution is 0.178. The number of hydrogen-bond donors (Lipinski definition) is 1. The number of nitrogens with zero attached hydrogens (tertiary/aromatic N) is 2. The van der Waals surface area contributed by atoms with Crippen LogP contribution in [0.15, 0.2) is 30.3 Å². The van der Waals surface area contributed by atoms with Crippen molar-refractivity contribution >= 4 is 17.4 Å². The maximum Gasteiger partial charge on any atom is 0.158 e. The monoisotopic (exact) mass is 305 g/mol. The predicted octanol–water partition coefficient (Wildman–Crippen LogP) is 4.01. The van der Waals surface area contributed by atoms with Gasteiger partial charge in [-0.3, -0.25) is 0 Å². The summed E-state index contributed by atoms with van der Waals surface area (Å²) in [5.41, 5.74) is 2.54. The molecule has 4 nitrogen and oxygen atoms in total. The zero-order valence-electron chi connectivity index (χ0n) is 12.6. The Bertz CT molecular complexity index is 585. The summed E-state index contributed by atoms with van der Waals surface area (Å²) in [5, 5.41) is 3.67. The Morgan fingerprint density at radius 2 is 1.90 bits per heavy atom. The average molecular weight is 306 g/mol. The molecule has 0 fully saturated rings. The molecule has 1 heterocycles. The molecule has 0 aliphatic heterocycles. The van der Waals surface area contributed by atoms with Gasteiger partial charge in [-0.1, -0.05) is 49.7 Å². The molecule has 0 spiro atoms. The van der Waals surface area contributed by atoms with Gasteiger partial charge >= 0.3 is 0 Å². The van der Waals surface area contributed by atoms with Crippen molar-refractivity contribution in [1.82, 2.24) is 9.97 Å². The summed E-state index contributed by atoms with van der Waals surface area (Å²) >= 11 is 5.98. The molecule has 1 aromatic heterocycles. The van der Waals surface area contributed by atoms with E-state index in [1.54, 1.807) is 13.2 Å². The van der Waals surface area contributed by atoms with Gasteiger partial charge in [-0.25, -0.2) is 9.97 Å². The van der Waals surface area contributed by atoms with E-state index in [0.29, 0.717) is 35.9 Å². The summed E-state index contributed by atoms with van der Waals surface area (Å²) in [6.45, 7) is 5.41. The Labute approximate surface area is 130 Å². The van der Waals surface area contributed by atoms with Gasteiger partial charge in [0.05, 0.1) is 0 Å². The summed E-state index contributed by atoms with van der Waals surface area (Å²) < 4.78 is 5.02. The third kappa shape index (κ3) is 4.69. The number of hydrogen-bond acceptors (Lipinski definition) is 4. The van der Waals surface area contributed by atoms with Crippen LogP contribution in [0.5, 0.6) is 0 Å². The van der Waals surface area contributed by atoms with E-state index in [-0.39, 0.29) is 0 Å². The molecule has 1 aromatic carbocycles. The van der Waals surface area contributed by atoms with Crippen LogP contribution in [0.25, 0.3) is 0 Å². The predicted molar refractivity (Wildman–Crippen MR) is 85.6 cm³/mol. The van der Waals surface area contributed by atoms with Crippen molar-refractivity contribution in [2.45, 2.75) is 32.9 Å². The minimum atomic E-state index is 0.346. The summed E-state index contributed by atoms with van der Waals surface area (Å²) in [6.07, 6.45) is 0. The van der Waals surface area contributed by atoms with Gasteiger partial charge in [0.25, 0.3) is 0 Å². The van der Waals surface area contributed by atoms with Gasteiger partial charge in [-0.2, -0.15) is 0 Å². The number of rotatable bonds is 6. The SMILES string of the molecule is COCc1nc(Cl)cc(NCc2ccc(C(C)C)cc2)n1. The number of methoxy groups -OCH3 is 1. The molecule has 21 heavy (non-hydrogen) atoms. The van der Waals surface area contributed by atoms with Gasteiger partial charge in [-0.15, -0.1) is 0 Å². The van der Waals surface area contributed by atoms with E-state index in [1.807, 2.05) is 0 Å². The third-order valence-corrected chi connectivity index (χ3v) is 3.33. The van der Waals surface area contributed by atoms with E-state index in [9.17, 15) is 0 Å². The molecule has 2 aromatic rings. The van der Waals surface area contributed by atoms with E-state index in [1.165, 1.54) is 11.1 Å². The van der Waals surface area contributed by atoms with Crippen molar-refractivity contribution in [3.8, 4) is 0 Å².